The van der Waals surface area contributed by atoms with Crippen LogP contribution in [0.1, 0.15) is 40.7 Å². The van der Waals surface area contributed by atoms with Gasteiger partial charge < -0.3 is 10.4 Å². The number of fused-ring (bicyclic) bond motifs is 1. The van der Waals surface area contributed by atoms with Gasteiger partial charge in [0.1, 0.15) is 5.69 Å². The number of anilines is 1. The molecule has 7 nitrogen and oxygen atoms in total. The van der Waals surface area contributed by atoms with Crippen LogP contribution in [0.3, 0.4) is 0 Å². The highest BCUT2D eigenvalue weighted by Gasteiger charge is 2.38. The molecule has 3 aromatic carbocycles. The van der Waals surface area contributed by atoms with Crippen LogP contribution < -0.4 is 5.32 Å². The molecule has 0 radical (unpaired) electrons. The first-order valence-electron chi connectivity index (χ1n) is 13.9. The Balaban J connectivity index is 0.000000451. The summed E-state index contributed by atoms with van der Waals surface area (Å²) >= 11 is 0. The molecular formula is C32H31F3N4O3. The Labute approximate surface area is 241 Å². The predicted octanol–water partition coefficient (Wildman–Crippen LogP) is 6.38. The van der Waals surface area contributed by atoms with Crippen molar-refractivity contribution < 1.29 is 27.9 Å². The minimum atomic E-state index is -5.08. The lowest BCUT2D eigenvalue weighted by atomic mass is 9.91. The molecule has 0 bridgehead atoms. The summed E-state index contributed by atoms with van der Waals surface area (Å²) in [6.07, 6.45) is 2.93. The van der Waals surface area contributed by atoms with E-state index in [1.54, 1.807) is 4.68 Å². The van der Waals surface area contributed by atoms with E-state index in [1.165, 1.54) is 30.4 Å². The largest absolute Gasteiger partial charge is 0.490 e. The molecule has 218 valence electrons. The zero-order valence-corrected chi connectivity index (χ0v) is 22.8. The van der Waals surface area contributed by atoms with Crippen molar-refractivity contribution in [3.8, 4) is 16.9 Å². The van der Waals surface area contributed by atoms with E-state index in [1.807, 2.05) is 72.9 Å². The molecule has 10 heteroatoms. The molecule has 1 aliphatic heterocycles. The van der Waals surface area contributed by atoms with Crippen LogP contribution in [0.2, 0.25) is 0 Å². The lowest BCUT2D eigenvalue weighted by Gasteiger charge is -2.36. The maximum absolute atomic E-state index is 13.5. The Hall–Kier alpha value is -4.44. The van der Waals surface area contributed by atoms with Crippen molar-refractivity contribution in [2.24, 2.45) is 0 Å². The maximum atomic E-state index is 13.5. The number of benzene rings is 3. The fraction of sp³-hybridized carbons (Fsp3) is 0.281. The molecule has 2 heterocycles. The number of halogens is 3. The van der Waals surface area contributed by atoms with E-state index in [2.05, 4.69) is 22.3 Å². The lowest BCUT2D eigenvalue weighted by Crippen LogP contribution is -2.41. The number of hydrogen-bond donors (Lipinski definition) is 2. The molecule has 6 rings (SSSR count). The van der Waals surface area contributed by atoms with Crippen molar-refractivity contribution in [1.29, 1.82) is 0 Å². The Kier molecular flexibility index (Phi) is 8.72. The van der Waals surface area contributed by atoms with Gasteiger partial charge in [0.2, 0.25) is 0 Å². The molecule has 2 aliphatic rings. The molecular weight excluding hydrogens is 545 g/mol. The van der Waals surface area contributed by atoms with Crippen LogP contribution in [-0.4, -0.2) is 57.0 Å². The van der Waals surface area contributed by atoms with Crippen molar-refractivity contribution in [2.45, 2.75) is 44.3 Å². The molecule has 0 atom stereocenters. The van der Waals surface area contributed by atoms with Gasteiger partial charge in [-0.2, -0.15) is 18.3 Å². The normalized spacial score (nSPS) is 15.4. The van der Waals surface area contributed by atoms with Gasteiger partial charge in [0, 0.05) is 36.6 Å². The number of rotatable bonds is 5. The summed E-state index contributed by atoms with van der Waals surface area (Å²) in [5.41, 5.74) is 6.69. The molecule has 42 heavy (non-hydrogen) atoms. The highest BCUT2D eigenvalue weighted by Crippen LogP contribution is 2.29. The van der Waals surface area contributed by atoms with Crippen molar-refractivity contribution in [3.05, 3.63) is 102 Å². The summed E-state index contributed by atoms with van der Waals surface area (Å²) in [7, 11) is 0. The second kappa shape index (κ2) is 12.6. The highest BCUT2D eigenvalue weighted by molar-refractivity contribution is 6.08. The molecule has 1 saturated carbocycles. The number of hydrogen-bond acceptors (Lipinski definition) is 4. The van der Waals surface area contributed by atoms with Gasteiger partial charge in [0.25, 0.3) is 5.91 Å². The van der Waals surface area contributed by atoms with Crippen LogP contribution in [0, 0.1) is 0 Å². The number of carboxylic acid groups (broad SMARTS) is 1. The third-order valence-corrected chi connectivity index (χ3v) is 7.66. The van der Waals surface area contributed by atoms with Crippen molar-refractivity contribution >= 4 is 17.6 Å². The zero-order valence-electron chi connectivity index (χ0n) is 22.8. The number of aromatic nitrogens is 2. The average Bonchev–Trinajstić information content (AvgIpc) is 3.31. The molecule has 1 fully saturated rings. The molecule has 0 saturated heterocycles. The predicted molar refractivity (Wildman–Crippen MR) is 154 cm³/mol. The fourth-order valence-corrected chi connectivity index (χ4v) is 5.20. The van der Waals surface area contributed by atoms with Crippen LogP contribution in [-0.2, 0) is 17.6 Å². The van der Waals surface area contributed by atoms with Gasteiger partial charge >= 0.3 is 12.1 Å². The lowest BCUT2D eigenvalue weighted by molar-refractivity contribution is -0.192. The average molecular weight is 577 g/mol. The number of carbonyl (C=O) groups is 2. The molecule has 0 unspecified atom stereocenters. The second-order valence-electron chi connectivity index (χ2n) is 10.4. The topological polar surface area (TPSA) is 87.5 Å². The van der Waals surface area contributed by atoms with E-state index in [0.717, 1.165) is 48.9 Å². The first-order valence-corrected chi connectivity index (χ1v) is 13.9. The van der Waals surface area contributed by atoms with Gasteiger partial charge in [-0.3, -0.25) is 9.69 Å². The number of nitrogens with zero attached hydrogens (tertiary/aromatic N) is 3. The van der Waals surface area contributed by atoms with Crippen LogP contribution in [0.5, 0.6) is 0 Å². The maximum Gasteiger partial charge on any atom is 0.490 e. The van der Waals surface area contributed by atoms with Gasteiger partial charge in [-0.1, -0.05) is 61.0 Å². The van der Waals surface area contributed by atoms with Crippen LogP contribution in [0.4, 0.5) is 18.9 Å². The number of carboxylic acids is 1. The van der Waals surface area contributed by atoms with Crippen LogP contribution in [0.15, 0.2) is 85.1 Å². The number of amides is 1. The van der Waals surface area contributed by atoms with E-state index in [9.17, 15) is 18.0 Å². The number of nitrogens with one attached hydrogen (secondary N) is 1. The molecule has 4 aromatic rings. The van der Waals surface area contributed by atoms with Gasteiger partial charge in [-0.05, 0) is 61.1 Å². The van der Waals surface area contributed by atoms with E-state index >= 15 is 0 Å². The van der Waals surface area contributed by atoms with E-state index in [-0.39, 0.29) is 5.91 Å². The Bertz CT molecular complexity index is 1530. The summed E-state index contributed by atoms with van der Waals surface area (Å²) < 4.78 is 33.5. The quantitative estimate of drug-likeness (QED) is 0.288. The van der Waals surface area contributed by atoms with Crippen LogP contribution in [0.25, 0.3) is 16.9 Å². The molecule has 2 N–H and O–H groups in total. The van der Waals surface area contributed by atoms with Gasteiger partial charge in [0.15, 0.2) is 0 Å². The first kappa shape index (κ1) is 29.1. The van der Waals surface area contributed by atoms with Gasteiger partial charge in [-0.25, -0.2) is 9.48 Å². The minimum absolute atomic E-state index is 0.143. The fourth-order valence-electron chi connectivity index (χ4n) is 5.20. The van der Waals surface area contributed by atoms with Crippen molar-refractivity contribution in [2.75, 3.05) is 18.4 Å². The van der Waals surface area contributed by atoms with Gasteiger partial charge in [0.05, 0.1) is 11.3 Å². The standard InChI is InChI=1S/C30H30N4O.C2HF3O2/c35-30(31-25-15-14-22-16-18-33(26-12-7-13-26)19-17-24(22)20-25)28-21-34(27-10-5-2-6-11-27)32-29(28)23-8-3-1-4-9-23;3-2(4,5)1(6)7/h1-6,8-11,14-15,20-21,26H,7,12-13,16-19H2,(H,31,35);(H,6,7). The Morgan fingerprint density at radius 1 is 0.881 bits per heavy atom. The number of alkyl halides is 3. The molecule has 1 amide bonds. The van der Waals surface area contributed by atoms with Gasteiger partial charge in [-0.15, -0.1) is 0 Å². The summed E-state index contributed by atoms with van der Waals surface area (Å²) in [5, 5.41) is 15.1. The monoisotopic (exact) mass is 576 g/mol. The molecule has 0 spiro atoms. The third-order valence-electron chi connectivity index (χ3n) is 7.66. The summed E-state index contributed by atoms with van der Waals surface area (Å²) in [6, 6.07) is 27.0. The van der Waals surface area contributed by atoms with E-state index in [4.69, 9.17) is 15.0 Å². The van der Waals surface area contributed by atoms with Crippen molar-refractivity contribution in [1.82, 2.24) is 14.7 Å². The number of carbonyl (C=O) groups excluding carboxylic acids is 1. The minimum Gasteiger partial charge on any atom is -0.475 e. The van der Waals surface area contributed by atoms with E-state index < -0.39 is 12.1 Å². The van der Waals surface area contributed by atoms with E-state index in [0.29, 0.717) is 11.3 Å². The zero-order chi connectivity index (χ0) is 29.7. The smallest absolute Gasteiger partial charge is 0.475 e. The second-order valence-corrected chi connectivity index (χ2v) is 10.4. The summed E-state index contributed by atoms with van der Waals surface area (Å²) in [4.78, 5) is 25.1. The number of aliphatic carboxylic acids is 1. The summed E-state index contributed by atoms with van der Waals surface area (Å²) in [5.74, 6) is -2.90. The Morgan fingerprint density at radius 2 is 1.50 bits per heavy atom. The number of para-hydroxylation sites is 1. The highest BCUT2D eigenvalue weighted by atomic mass is 19.4. The molecule has 1 aliphatic carbocycles. The Morgan fingerprint density at radius 3 is 2.10 bits per heavy atom. The third kappa shape index (κ3) is 6.88. The molecule has 1 aromatic heterocycles. The van der Waals surface area contributed by atoms with Crippen molar-refractivity contribution in [3.63, 3.8) is 0 Å². The summed E-state index contributed by atoms with van der Waals surface area (Å²) in [6.45, 7) is 2.25. The van der Waals surface area contributed by atoms with Crippen LogP contribution >= 0.6 is 0 Å². The SMILES string of the molecule is O=C(Nc1ccc2c(c1)CCN(C1CCC1)CC2)c1cn(-c2ccccc2)nc1-c1ccccc1.O=C(O)C(F)(F)F. The first-order chi connectivity index (χ1) is 20.2.